The Morgan fingerprint density at radius 2 is 1.80 bits per heavy atom. The summed E-state index contributed by atoms with van der Waals surface area (Å²) in [6.45, 7) is 2.53. The summed E-state index contributed by atoms with van der Waals surface area (Å²) in [5.41, 5.74) is 0.904. The van der Waals surface area contributed by atoms with E-state index in [1.165, 1.54) is 0 Å². The number of benzene rings is 2. The number of ether oxygens (including phenoxy) is 2. The van der Waals surface area contributed by atoms with E-state index in [1.807, 2.05) is 6.92 Å². The lowest BCUT2D eigenvalue weighted by Crippen LogP contribution is -2.30. The van der Waals surface area contributed by atoms with E-state index in [0.29, 0.717) is 24.0 Å². The highest BCUT2D eigenvalue weighted by Crippen LogP contribution is 2.29. The molecule has 2 aromatic carbocycles. The average Bonchev–Trinajstić information content (AvgIpc) is 2.62. The van der Waals surface area contributed by atoms with Crippen LogP contribution in [-0.2, 0) is 6.54 Å². The van der Waals surface area contributed by atoms with Gasteiger partial charge in [-0.1, -0.05) is 0 Å². The van der Waals surface area contributed by atoms with Crippen LogP contribution in [0.25, 0.3) is 0 Å². The molecular weight excluding hydrogens is 328 g/mol. The molecule has 2 aromatic rings. The number of guanidine groups is 1. The molecule has 0 atom stereocenters. The maximum atomic E-state index is 13.7. The number of nitrogens with zero attached hydrogens (tertiary/aromatic N) is 1. The molecule has 2 rings (SSSR count). The molecule has 2 N–H and O–H groups in total. The van der Waals surface area contributed by atoms with E-state index in [4.69, 9.17) is 9.47 Å². The Kier molecular flexibility index (Phi) is 6.56. The molecule has 0 saturated carbocycles. The first-order valence-electron chi connectivity index (χ1n) is 7.78. The zero-order valence-corrected chi connectivity index (χ0v) is 14.4. The second-order valence-corrected chi connectivity index (χ2v) is 5.13. The highest BCUT2D eigenvalue weighted by molar-refractivity contribution is 5.93. The lowest BCUT2D eigenvalue weighted by Gasteiger charge is -2.14. The van der Waals surface area contributed by atoms with Gasteiger partial charge in [-0.2, -0.15) is 0 Å². The Hall–Kier alpha value is -2.83. The van der Waals surface area contributed by atoms with Crippen molar-refractivity contribution in [1.29, 1.82) is 0 Å². The van der Waals surface area contributed by atoms with Crippen LogP contribution in [0.4, 0.5) is 14.5 Å². The number of hydrogen-bond donors (Lipinski definition) is 2. The molecule has 0 spiro atoms. The normalized spacial score (nSPS) is 11.2. The zero-order chi connectivity index (χ0) is 18.2. The van der Waals surface area contributed by atoms with Gasteiger partial charge >= 0.3 is 0 Å². The number of anilines is 1. The van der Waals surface area contributed by atoms with Crippen molar-refractivity contribution in [3.63, 3.8) is 0 Å². The third-order valence-electron chi connectivity index (χ3n) is 3.41. The van der Waals surface area contributed by atoms with Gasteiger partial charge in [-0.15, -0.1) is 0 Å². The predicted molar refractivity (Wildman–Crippen MR) is 94.3 cm³/mol. The van der Waals surface area contributed by atoms with Gasteiger partial charge in [-0.05, 0) is 37.3 Å². The molecule has 0 amide bonds. The molecular formula is C18H21F2N3O2. The van der Waals surface area contributed by atoms with Gasteiger partial charge in [-0.3, -0.25) is 0 Å². The molecule has 0 saturated heterocycles. The molecule has 0 aromatic heterocycles. The van der Waals surface area contributed by atoms with Crippen molar-refractivity contribution >= 4 is 11.6 Å². The van der Waals surface area contributed by atoms with E-state index in [0.717, 1.165) is 23.9 Å². The fourth-order valence-electron chi connectivity index (χ4n) is 2.19. The third-order valence-corrected chi connectivity index (χ3v) is 3.41. The molecule has 0 heterocycles. The summed E-state index contributed by atoms with van der Waals surface area (Å²) in [5.74, 6) is 0.631. The van der Waals surface area contributed by atoms with E-state index >= 15 is 0 Å². The SMILES string of the molecule is CCNC(=NCc1cc(F)ccc1F)Nc1ccc(OC)c(OC)c1. The Morgan fingerprint density at radius 3 is 2.48 bits per heavy atom. The second kappa shape index (κ2) is 8.86. The highest BCUT2D eigenvalue weighted by atomic mass is 19.1. The predicted octanol–water partition coefficient (Wildman–Crippen LogP) is 3.56. The standard InChI is InChI=1S/C18H21F2N3O2/c1-4-21-18(22-11-12-9-13(19)5-7-15(12)20)23-14-6-8-16(24-2)17(10-14)25-3/h5-10H,4,11H2,1-3H3,(H2,21,22,23). The molecule has 134 valence electrons. The van der Waals surface area contributed by atoms with Gasteiger partial charge in [0.1, 0.15) is 11.6 Å². The average molecular weight is 349 g/mol. The summed E-state index contributed by atoms with van der Waals surface area (Å²) in [6, 6.07) is 8.63. The second-order valence-electron chi connectivity index (χ2n) is 5.13. The summed E-state index contributed by atoms with van der Waals surface area (Å²) >= 11 is 0. The molecule has 7 heteroatoms. The van der Waals surface area contributed by atoms with Crippen molar-refractivity contribution in [2.24, 2.45) is 4.99 Å². The molecule has 0 aliphatic heterocycles. The van der Waals surface area contributed by atoms with Crippen molar-refractivity contribution in [1.82, 2.24) is 5.32 Å². The van der Waals surface area contributed by atoms with Gasteiger partial charge in [0.2, 0.25) is 0 Å². The minimum absolute atomic E-state index is 0.00617. The van der Waals surface area contributed by atoms with Crippen LogP contribution in [0.2, 0.25) is 0 Å². The maximum absolute atomic E-state index is 13.7. The van der Waals surface area contributed by atoms with Gasteiger partial charge in [0.25, 0.3) is 0 Å². The van der Waals surface area contributed by atoms with E-state index < -0.39 is 11.6 Å². The summed E-state index contributed by atoms with van der Waals surface area (Å²) in [7, 11) is 3.11. The molecule has 25 heavy (non-hydrogen) atoms. The smallest absolute Gasteiger partial charge is 0.196 e. The van der Waals surface area contributed by atoms with E-state index in [-0.39, 0.29) is 12.1 Å². The van der Waals surface area contributed by atoms with E-state index in [2.05, 4.69) is 15.6 Å². The van der Waals surface area contributed by atoms with Crippen LogP contribution in [0.1, 0.15) is 12.5 Å². The van der Waals surface area contributed by atoms with Crippen LogP contribution >= 0.6 is 0 Å². The van der Waals surface area contributed by atoms with Crippen LogP contribution < -0.4 is 20.1 Å². The minimum Gasteiger partial charge on any atom is -0.493 e. The quantitative estimate of drug-likeness (QED) is 0.618. The first-order valence-corrected chi connectivity index (χ1v) is 7.78. The molecule has 5 nitrogen and oxygen atoms in total. The van der Waals surface area contributed by atoms with Crippen molar-refractivity contribution in [3.05, 3.63) is 53.6 Å². The highest BCUT2D eigenvalue weighted by Gasteiger charge is 2.07. The van der Waals surface area contributed by atoms with Crippen LogP contribution in [0.5, 0.6) is 11.5 Å². The van der Waals surface area contributed by atoms with Gasteiger partial charge in [-0.25, -0.2) is 13.8 Å². The fourth-order valence-corrected chi connectivity index (χ4v) is 2.19. The van der Waals surface area contributed by atoms with Crippen LogP contribution in [0.15, 0.2) is 41.4 Å². The Morgan fingerprint density at radius 1 is 1.04 bits per heavy atom. The number of halogens is 2. The number of rotatable bonds is 6. The lowest BCUT2D eigenvalue weighted by atomic mass is 10.2. The van der Waals surface area contributed by atoms with E-state index in [9.17, 15) is 8.78 Å². The van der Waals surface area contributed by atoms with Crippen LogP contribution in [-0.4, -0.2) is 26.7 Å². The fraction of sp³-hybridized carbons (Fsp3) is 0.278. The number of nitrogens with one attached hydrogen (secondary N) is 2. The zero-order valence-electron chi connectivity index (χ0n) is 14.4. The molecule has 0 unspecified atom stereocenters. The summed E-state index contributed by atoms with van der Waals surface area (Å²) < 4.78 is 37.4. The first-order chi connectivity index (χ1) is 12.1. The summed E-state index contributed by atoms with van der Waals surface area (Å²) in [6.07, 6.45) is 0. The monoisotopic (exact) mass is 349 g/mol. The summed E-state index contributed by atoms with van der Waals surface area (Å²) in [4.78, 5) is 4.29. The molecule has 0 aliphatic rings. The Labute approximate surface area is 145 Å². The van der Waals surface area contributed by atoms with Crippen molar-refractivity contribution in [2.45, 2.75) is 13.5 Å². The first kappa shape index (κ1) is 18.5. The molecule has 0 bridgehead atoms. The number of methoxy groups -OCH3 is 2. The maximum Gasteiger partial charge on any atom is 0.196 e. The Balaban J connectivity index is 2.18. The molecule has 0 radical (unpaired) electrons. The topological polar surface area (TPSA) is 54.9 Å². The van der Waals surface area contributed by atoms with Gasteiger partial charge < -0.3 is 20.1 Å². The van der Waals surface area contributed by atoms with Gasteiger partial charge in [0.15, 0.2) is 17.5 Å². The van der Waals surface area contributed by atoms with Crippen molar-refractivity contribution in [2.75, 3.05) is 26.1 Å². The lowest BCUT2D eigenvalue weighted by molar-refractivity contribution is 0.355. The number of hydrogen-bond acceptors (Lipinski definition) is 3. The van der Waals surface area contributed by atoms with Crippen LogP contribution in [0.3, 0.4) is 0 Å². The van der Waals surface area contributed by atoms with Crippen LogP contribution in [0, 0.1) is 11.6 Å². The number of aliphatic imine (C=N–C) groups is 1. The minimum atomic E-state index is -0.496. The van der Waals surface area contributed by atoms with Gasteiger partial charge in [0.05, 0.1) is 20.8 Å². The van der Waals surface area contributed by atoms with Crippen molar-refractivity contribution in [3.8, 4) is 11.5 Å². The largest absolute Gasteiger partial charge is 0.493 e. The Bertz CT molecular complexity index is 751. The third kappa shape index (κ3) is 5.07. The molecule has 0 aliphatic carbocycles. The van der Waals surface area contributed by atoms with Gasteiger partial charge in [0, 0.05) is 23.9 Å². The van der Waals surface area contributed by atoms with E-state index in [1.54, 1.807) is 32.4 Å². The summed E-state index contributed by atoms with van der Waals surface area (Å²) in [5, 5.41) is 6.15. The van der Waals surface area contributed by atoms with Crippen molar-refractivity contribution < 1.29 is 18.3 Å². The molecule has 0 fully saturated rings.